The first-order valence-corrected chi connectivity index (χ1v) is 19.0. The van der Waals surface area contributed by atoms with Crippen molar-refractivity contribution < 1.29 is 0 Å². The summed E-state index contributed by atoms with van der Waals surface area (Å²) in [5.41, 5.74) is 12.0. The summed E-state index contributed by atoms with van der Waals surface area (Å²) >= 11 is 0. The molecule has 1 aliphatic rings. The summed E-state index contributed by atoms with van der Waals surface area (Å²) < 4.78 is 0. The Labute approximate surface area is 310 Å². The third-order valence-corrected chi connectivity index (χ3v) is 12.5. The molecule has 0 N–H and O–H groups in total. The highest BCUT2D eigenvalue weighted by molar-refractivity contribution is 6.24. The van der Waals surface area contributed by atoms with Crippen molar-refractivity contribution in [3.8, 4) is 33.4 Å². The van der Waals surface area contributed by atoms with E-state index >= 15 is 0 Å². The predicted octanol–water partition coefficient (Wildman–Crippen LogP) is 15.0. The Kier molecular flexibility index (Phi) is 6.10. The van der Waals surface area contributed by atoms with Crippen LogP contribution in [0.1, 0.15) is 51.3 Å². The summed E-state index contributed by atoms with van der Waals surface area (Å²) in [6.07, 6.45) is 0. The minimum Gasteiger partial charge on any atom is -0.0616 e. The highest BCUT2D eigenvalue weighted by Crippen LogP contribution is 2.51. The van der Waals surface area contributed by atoms with Gasteiger partial charge in [0.15, 0.2) is 0 Å². The lowest BCUT2D eigenvalue weighted by atomic mass is 9.80. The SMILES string of the molecule is CC(C)(C)c1cc2ccc3cc(-c4ccc5c(c4)C(C)(C)c4cc(-c6ccc7ccc8c9ccccc9ccc8c7c6)ccc4-5)cc4ccc(c1)c2c34. The number of hydrogen-bond acceptors (Lipinski definition) is 0. The highest BCUT2D eigenvalue weighted by Gasteiger charge is 2.36. The van der Waals surface area contributed by atoms with Crippen molar-refractivity contribution in [1.29, 1.82) is 0 Å². The lowest BCUT2D eigenvalue weighted by Gasteiger charge is -2.23. The van der Waals surface area contributed by atoms with Crippen LogP contribution in [0.25, 0.3) is 98.0 Å². The second kappa shape index (κ2) is 10.6. The van der Waals surface area contributed by atoms with Crippen LogP contribution in [0.2, 0.25) is 0 Å². The van der Waals surface area contributed by atoms with E-state index in [1.54, 1.807) is 0 Å². The van der Waals surface area contributed by atoms with E-state index in [0.29, 0.717) is 0 Å². The van der Waals surface area contributed by atoms with Gasteiger partial charge in [0, 0.05) is 5.41 Å². The molecule has 0 fully saturated rings. The Bertz CT molecular complexity index is 3100. The molecule has 0 heterocycles. The Balaban J connectivity index is 0.993. The maximum atomic E-state index is 2.46. The number of fused-ring (bicyclic) bond motifs is 8. The molecular weight excluding hydrogens is 637 g/mol. The smallest absolute Gasteiger partial charge is 0.0159 e. The van der Waals surface area contributed by atoms with Gasteiger partial charge in [-0.1, -0.05) is 156 Å². The van der Waals surface area contributed by atoms with Gasteiger partial charge in [-0.2, -0.15) is 0 Å². The van der Waals surface area contributed by atoms with Crippen molar-refractivity contribution in [3.05, 3.63) is 168 Å². The fourth-order valence-corrected chi connectivity index (χ4v) is 9.53. The van der Waals surface area contributed by atoms with Crippen molar-refractivity contribution in [3.63, 3.8) is 0 Å². The molecule has 0 aliphatic heterocycles. The molecule has 0 amide bonds. The predicted molar refractivity (Wildman–Crippen MR) is 230 cm³/mol. The normalized spacial score (nSPS) is 13.9. The zero-order valence-electron chi connectivity index (χ0n) is 30.9. The zero-order chi connectivity index (χ0) is 35.8. The molecule has 0 heteroatoms. The van der Waals surface area contributed by atoms with Crippen LogP contribution in [-0.2, 0) is 10.8 Å². The fraction of sp³-hybridized carbons (Fsp3) is 0.132. The van der Waals surface area contributed by atoms with Gasteiger partial charge in [0.1, 0.15) is 0 Å². The maximum Gasteiger partial charge on any atom is 0.0159 e. The van der Waals surface area contributed by atoms with E-state index in [9.17, 15) is 0 Å². The molecule has 0 radical (unpaired) electrons. The van der Waals surface area contributed by atoms with Gasteiger partial charge in [0.2, 0.25) is 0 Å². The number of benzene rings is 10. The summed E-state index contributed by atoms with van der Waals surface area (Å²) in [5.74, 6) is 0. The van der Waals surface area contributed by atoms with Crippen molar-refractivity contribution >= 4 is 64.6 Å². The molecule has 0 bridgehead atoms. The molecule has 0 saturated heterocycles. The van der Waals surface area contributed by atoms with Gasteiger partial charge in [0.05, 0.1) is 0 Å². The molecule has 0 atom stereocenters. The lowest BCUT2D eigenvalue weighted by molar-refractivity contribution is 0.591. The van der Waals surface area contributed by atoms with Crippen molar-refractivity contribution in [1.82, 2.24) is 0 Å². The molecule has 53 heavy (non-hydrogen) atoms. The van der Waals surface area contributed by atoms with E-state index in [-0.39, 0.29) is 10.8 Å². The van der Waals surface area contributed by atoms with Crippen LogP contribution in [0.3, 0.4) is 0 Å². The highest BCUT2D eigenvalue weighted by atomic mass is 14.4. The van der Waals surface area contributed by atoms with E-state index in [1.807, 2.05) is 0 Å². The third kappa shape index (κ3) is 4.42. The molecule has 0 nitrogen and oxygen atoms in total. The molecule has 1 aliphatic carbocycles. The van der Waals surface area contributed by atoms with E-state index in [4.69, 9.17) is 0 Å². The van der Waals surface area contributed by atoms with E-state index in [2.05, 4.69) is 186 Å². The lowest BCUT2D eigenvalue weighted by Crippen LogP contribution is -2.15. The standard InChI is InChI=1S/C53H40/c1-52(2,3)41-26-38-14-12-36-24-40(25-37-13-15-39(27-41)51(38)50(36)37)35-19-23-46-45-22-18-34(29-48(45)53(4,5)49(46)30-35)33-11-10-32-17-20-43-42-9-7-6-8-31(42)16-21-44(43)47(32)28-33/h6-30H,1-5H3. The first-order valence-electron chi connectivity index (χ1n) is 19.0. The van der Waals surface area contributed by atoms with Crippen LogP contribution in [0.15, 0.2) is 152 Å². The van der Waals surface area contributed by atoms with Gasteiger partial charge in [-0.05, 0) is 150 Å². The van der Waals surface area contributed by atoms with Crippen LogP contribution >= 0.6 is 0 Å². The average Bonchev–Trinajstić information content (AvgIpc) is 3.40. The molecule has 10 aromatic carbocycles. The first kappa shape index (κ1) is 30.6. The van der Waals surface area contributed by atoms with Gasteiger partial charge in [-0.3, -0.25) is 0 Å². The monoisotopic (exact) mass is 676 g/mol. The van der Waals surface area contributed by atoms with Crippen LogP contribution in [0.4, 0.5) is 0 Å². The Hall–Kier alpha value is -5.98. The van der Waals surface area contributed by atoms with Gasteiger partial charge in [-0.25, -0.2) is 0 Å². The van der Waals surface area contributed by atoms with Crippen LogP contribution in [0.5, 0.6) is 0 Å². The quantitative estimate of drug-likeness (QED) is 0.160. The molecule has 252 valence electrons. The van der Waals surface area contributed by atoms with E-state index in [0.717, 1.165) is 0 Å². The molecule has 0 aromatic heterocycles. The minimum absolute atomic E-state index is 0.113. The van der Waals surface area contributed by atoms with Gasteiger partial charge >= 0.3 is 0 Å². The topological polar surface area (TPSA) is 0 Å². The van der Waals surface area contributed by atoms with Gasteiger partial charge < -0.3 is 0 Å². The maximum absolute atomic E-state index is 2.46. The van der Waals surface area contributed by atoms with Crippen LogP contribution in [-0.4, -0.2) is 0 Å². The fourth-order valence-electron chi connectivity index (χ4n) is 9.53. The number of hydrogen-bond donors (Lipinski definition) is 0. The largest absolute Gasteiger partial charge is 0.0616 e. The summed E-state index contributed by atoms with van der Waals surface area (Å²) in [7, 11) is 0. The summed E-state index contributed by atoms with van der Waals surface area (Å²) in [5, 5.41) is 15.8. The Morgan fingerprint density at radius 1 is 0.358 bits per heavy atom. The molecule has 0 saturated carbocycles. The Morgan fingerprint density at radius 2 is 0.811 bits per heavy atom. The third-order valence-electron chi connectivity index (χ3n) is 12.5. The second-order valence-corrected chi connectivity index (χ2v) is 17.0. The van der Waals surface area contributed by atoms with Crippen molar-refractivity contribution in [2.75, 3.05) is 0 Å². The average molecular weight is 677 g/mol. The van der Waals surface area contributed by atoms with Crippen molar-refractivity contribution in [2.24, 2.45) is 0 Å². The summed E-state index contributed by atoms with van der Waals surface area (Å²) in [4.78, 5) is 0. The second-order valence-electron chi connectivity index (χ2n) is 17.0. The first-order chi connectivity index (χ1) is 25.6. The molecule has 10 aromatic rings. The van der Waals surface area contributed by atoms with Gasteiger partial charge in [0.25, 0.3) is 0 Å². The van der Waals surface area contributed by atoms with Crippen molar-refractivity contribution in [2.45, 2.75) is 45.4 Å². The van der Waals surface area contributed by atoms with Crippen LogP contribution in [0, 0.1) is 0 Å². The summed E-state index contributed by atoms with van der Waals surface area (Å²) in [6.45, 7) is 11.7. The molecular formula is C53H40. The molecule has 11 rings (SSSR count). The van der Waals surface area contributed by atoms with E-state index < -0.39 is 0 Å². The van der Waals surface area contributed by atoms with Gasteiger partial charge in [-0.15, -0.1) is 0 Å². The Morgan fingerprint density at radius 3 is 1.42 bits per heavy atom. The molecule has 0 unspecified atom stereocenters. The van der Waals surface area contributed by atoms with Crippen LogP contribution < -0.4 is 0 Å². The zero-order valence-corrected chi connectivity index (χ0v) is 30.9. The number of rotatable bonds is 2. The van der Waals surface area contributed by atoms with E-state index in [1.165, 1.54) is 115 Å². The molecule has 0 spiro atoms. The summed E-state index contributed by atoms with van der Waals surface area (Å²) in [6, 6.07) is 58.0. The minimum atomic E-state index is -0.125.